The van der Waals surface area contributed by atoms with Gasteiger partial charge in [0, 0.05) is 5.56 Å². The Hall–Kier alpha value is -1.47. The Labute approximate surface area is 101 Å². The highest BCUT2D eigenvalue weighted by Crippen LogP contribution is 2.43. The molecule has 0 saturated heterocycles. The molecule has 0 heterocycles. The van der Waals surface area contributed by atoms with E-state index in [0.29, 0.717) is 11.1 Å². The highest BCUT2D eigenvalue weighted by molar-refractivity contribution is 5.41. The number of halogens is 1. The quantitative estimate of drug-likeness (QED) is 0.567. The van der Waals surface area contributed by atoms with Gasteiger partial charge in [0.2, 0.25) is 6.08 Å². The molecule has 0 aliphatic heterocycles. The average molecular weight is 233 g/mol. The van der Waals surface area contributed by atoms with Gasteiger partial charge in [-0.3, -0.25) is 0 Å². The molecule has 2 rings (SSSR count). The number of benzene rings is 1. The van der Waals surface area contributed by atoms with E-state index in [0.717, 1.165) is 31.2 Å². The van der Waals surface area contributed by atoms with E-state index in [1.807, 2.05) is 19.1 Å². The van der Waals surface area contributed by atoms with Gasteiger partial charge in [0.05, 0.1) is 0 Å². The van der Waals surface area contributed by atoms with E-state index in [2.05, 4.69) is 4.99 Å². The summed E-state index contributed by atoms with van der Waals surface area (Å²) in [5, 5.41) is 0. The largest absolute Gasteiger partial charge is 0.235 e. The molecule has 1 aromatic rings. The molecule has 0 bridgehead atoms. The molecular formula is C14H16FNO. The van der Waals surface area contributed by atoms with Crippen molar-refractivity contribution >= 4 is 6.08 Å². The standard InChI is InChI=1S/C14H16FNO/c1-10-7-11(2)13(15)12(8-10)14(16-9-17)5-3-4-6-14/h7-8H,3-6H2,1-2H3. The third kappa shape index (κ3) is 2.03. The first-order valence-corrected chi connectivity index (χ1v) is 5.95. The van der Waals surface area contributed by atoms with Crippen LogP contribution in [0.4, 0.5) is 4.39 Å². The molecule has 3 heteroatoms. The second-order valence-electron chi connectivity index (χ2n) is 4.89. The maximum absolute atomic E-state index is 14.2. The van der Waals surface area contributed by atoms with E-state index < -0.39 is 5.54 Å². The zero-order valence-corrected chi connectivity index (χ0v) is 10.2. The van der Waals surface area contributed by atoms with Gasteiger partial charge in [-0.1, -0.05) is 30.5 Å². The van der Waals surface area contributed by atoms with E-state index in [1.165, 1.54) is 0 Å². The number of nitrogens with zero attached hydrogens (tertiary/aromatic N) is 1. The molecule has 90 valence electrons. The predicted molar refractivity (Wildman–Crippen MR) is 64.1 cm³/mol. The number of isocyanates is 1. The summed E-state index contributed by atoms with van der Waals surface area (Å²) < 4.78 is 14.2. The van der Waals surface area contributed by atoms with Crippen LogP contribution in [0.2, 0.25) is 0 Å². The third-order valence-electron chi connectivity index (χ3n) is 3.59. The first kappa shape index (κ1) is 12.0. The van der Waals surface area contributed by atoms with Crippen molar-refractivity contribution in [1.82, 2.24) is 0 Å². The Balaban J connectivity index is 2.61. The van der Waals surface area contributed by atoms with Crippen LogP contribution in [-0.4, -0.2) is 6.08 Å². The molecule has 0 amide bonds. The fourth-order valence-corrected chi connectivity index (χ4v) is 2.78. The topological polar surface area (TPSA) is 29.4 Å². The molecule has 0 N–H and O–H groups in total. The lowest BCUT2D eigenvalue weighted by Crippen LogP contribution is -2.21. The number of aryl methyl sites for hydroxylation is 2. The van der Waals surface area contributed by atoms with Crippen molar-refractivity contribution in [2.45, 2.75) is 45.1 Å². The van der Waals surface area contributed by atoms with Gasteiger partial charge < -0.3 is 0 Å². The van der Waals surface area contributed by atoms with E-state index in [-0.39, 0.29) is 5.82 Å². The molecule has 0 radical (unpaired) electrons. The molecule has 1 fully saturated rings. The minimum Gasteiger partial charge on any atom is -0.211 e. The van der Waals surface area contributed by atoms with Gasteiger partial charge >= 0.3 is 0 Å². The number of hydrogen-bond acceptors (Lipinski definition) is 2. The number of rotatable bonds is 2. The summed E-state index contributed by atoms with van der Waals surface area (Å²) in [5.41, 5.74) is 1.53. The van der Waals surface area contributed by atoms with Gasteiger partial charge in [0.25, 0.3) is 0 Å². The maximum Gasteiger partial charge on any atom is 0.235 e. The minimum absolute atomic E-state index is 0.225. The van der Waals surface area contributed by atoms with E-state index in [9.17, 15) is 9.18 Å². The molecule has 0 atom stereocenters. The Bertz CT molecular complexity index is 483. The van der Waals surface area contributed by atoms with Crippen molar-refractivity contribution in [3.05, 3.63) is 34.6 Å². The van der Waals surface area contributed by atoms with E-state index in [4.69, 9.17) is 0 Å². The van der Waals surface area contributed by atoms with Crippen LogP contribution in [0.5, 0.6) is 0 Å². The molecule has 1 aromatic carbocycles. The lowest BCUT2D eigenvalue weighted by atomic mass is 9.86. The monoisotopic (exact) mass is 233 g/mol. The molecule has 17 heavy (non-hydrogen) atoms. The molecule has 1 aliphatic rings. The normalized spacial score (nSPS) is 17.8. The van der Waals surface area contributed by atoms with Crippen molar-refractivity contribution in [3.8, 4) is 0 Å². The van der Waals surface area contributed by atoms with Crippen LogP contribution in [0.3, 0.4) is 0 Å². The molecule has 1 aliphatic carbocycles. The van der Waals surface area contributed by atoms with Gasteiger partial charge in [-0.2, -0.15) is 4.99 Å². The van der Waals surface area contributed by atoms with E-state index in [1.54, 1.807) is 13.0 Å². The summed E-state index contributed by atoms with van der Waals surface area (Å²) >= 11 is 0. The summed E-state index contributed by atoms with van der Waals surface area (Å²) in [6, 6.07) is 3.63. The van der Waals surface area contributed by atoms with Crippen LogP contribution in [0, 0.1) is 19.7 Å². The second kappa shape index (κ2) is 4.42. The summed E-state index contributed by atoms with van der Waals surface area (Å²) in [5.74, 6) is -0.225. The Morgan fingerprint density at radius 2 is 1.94 bits per heavy atom. The third-order valence-corrected chi connectivity index (χ3v) is 3.59. The van der Waals surface area contributed by atoms with Gasteiger partial charge in [-0.05, 0) is 32.3 Å². The van der Waals surface area contributed by atoms with Crippen molar-refractivity contribution in [1.29, 1.82) is 0 Å². The van der Waals surface area contributed by atoms with Crippen molar-refractivity contribution in [3.63, 3.8) is 0 Å². The fraction of sp³-hybridized carbons (Fsp3) is 0.500. The zero-order valence-electron chi connectivity index (χ0n) is 10.2. The van der Waals surface area contributed by atoms with Gasteiger partial charge in [0.1, 0.15) is 11.4 Å². The Morgan fingerprint density at radius 3 is 2.53 bits per heavy atom. The highest BCUT2D eigenvalue weighted by Gasteiger charge is 2.38. The molecule has 0 unspecified atom stereocenters. The van der Waals surface area contributed by atoms with Gasteiger partial charge in [-0.15, -0.1) is 0 Å². The molecule has 1 saturated carbocycles. The molecule has 0 aromatic heterocycles. The van der Waals surface area contributed by atoms with Crippen LogP contribution >= 0.6 is 0 Å². The smallest absolute Gasteiger partial charge is 0.211 e. The van der Waals surface area contributed by atoms with Crippen LogP contribution in [0.15, 0.2) is 17.1 Å². The van der Waals surface area contributed by atoms with Crippen molar-refractivity contribution in [2.24, 2.45) is 4.99 Å². The zero-order chi connectivity index (χ0) is 12.5. The minimum atomic E-state index is -0.664. The second-order valence-corrected chi connectivity index (χ2v) is 4.89. The first-order valence-electron chi connectivity index (χ1n) is 5.95. The first-order chi connectivity index (χ1) is 8.09. The number of hydrogen-bond donors (Lipinski definition) is 0. The summed E-state index contributed by atoms with van der Waals surface area (Å²) in [4.78, 5) is 14.5. The summed E-state index contributed by atoms with van der Waals surface area (Å²) in [6.45, 7) is 3.68. The van der Waals surface area contributed by atoms with Gasteiger partial charge in [-0.25, -0.2) is 9.18 Å². The fourth-order valence-electron chi connectivity index (χ4n) is 2.78. The predicted octanol–water partition coefficient (Wildman–Crippen LogP) is 3.55. The van der Waals surface area contributed by atoms with Crippen LogP contribution in [0.1, 0.15) is 42.4 Å². The maximum atomic E-state index is 14.2. The highest BCUT2D eigenvalue weighted by atomic mass is 19.1. The number of carbonyl (C=O) groups excluding carboxylic acids is 1. The van der Waals surface area contributed by atoms with Gasteiger partial charge in [0.15, 0.2) is 0 Å². The molecule has 2 nitrogen and oxygen atoms in total. The van der Waals surface area contributed by atoms with Crippen LogP contribution < -0.4 is 0 Å². The van der Waals surface area contributed by atoms with Crippen LogP contribution in [0.25, 0.3) is 0 Å². The van der Waals surface area contributed by atoms with E-state index >= 15 is 0 Å². The number of aliphatic imine (C=N–C) groups is 1. The van der Waals surface area contributed by atoms with Crippen molar-refractivity contribution in [2.75, 3.05) is 0 Å². The average Bonchev–Trinajstić information content (AvgIpc) is 2.73. The Morgan fingerprint density at radius 1 is 1.29 bits per heavy atom. The molecule has 0 spiro atoms. The lowest BCUT2D eigenvalue weighted by Gasteiger charge is -2.24. The summed E-state index contributed by atoms with van der Waals surface area (Å²) in [6.07, 6.45) is 5.07. The molecular weight excluding hydrogens is 217 g/mol. The van der Waals surface area contributed by atoms with Crippen LogP contribution in [-0.2, 0) is 10.3 Å². The SMILES string of the molecule is Cc1cc(C)c(F)c(C2(N=C=O)CCCC2)c1. The summed E-state index contributed by atoms with van der Waals surface area (Å²) in [7, 11) is 0. The Kier molecular flexibility index (Phi) is 3.12. The lowest BCUT2D eigenvalue weighted by molar-refractivity contribution is 0.428. The van der Waals surface area contributed by atoms with Crippen molar-refractivity contribution < 1.29 is 9.18 Å².